The molecule has 3 rings (SSSR count). The summed E-state index contributed by atoms with van der Waals surface area (Å²) in [5.41, 5.74) is 1.40. The maximum atomic E-state index is 12.1. The van der Waals surface area contributed by atoms with Crippen molar-refractivity contribution in [2.45, 2.75) is 37.3 Å². The van der Waals surface area contributed by atoms with Crippen LogP contribution >= 0.6 is 0 Å². The number of aliphatic hydroxyl groups is 4. The molecular weight excluding hydrogens is 448 g/mol. The fraction of sp³-hybridized carbons (Fsp3) is 0.375. The highest BCUT2D eigenvalue weighted by Gasteiger charge is 2.45. The summed E-state index contributed by atoms with van der Waals surface area (Å²) >= 11 is 0. The Labute approximate surface area is 196 Å². The zero-order valence-corrected chi connectivity index (χ0v) is 18.7. The molecule has 2 aromatic rings. The van der Waals surface area contributed by atoms with Gasteiger partial charge in [0.2, 0.25) is 12.0 Å². The van der Waals surface area contributed by atoms with E-state index in [0.29, 0.717) is 5.56 Å². The van der Waals surface area contributed by atoms with Gasteiger partial charge in [0, 0.05) is 6.08 Å². The zero-order chi connectivity index (χ0) is 24.7. The molecule has 1 aliphatic rings. The Kier molecular flexibility index (Phi) is 8.85. The lowest BCUT2D eigenvalue weighted by molar-refractivity contribution is -0.277. The molecule has 184 valence electrons. The van der Waals surface area contributed by atoms with Crippen LogP contribution in [0.15, 0.2) is 48.5 Å². The van der Waals surface area contributed by atoms with Crippen LogP contribution in [0.25, 0.3) is 6.08 Å². The summed E-state index contributed by atoms with van der Waals surface area (Å²) in [5, 5.41) is 39.6. The van der Waals surface area contributed by atoms with Crippen molar-refractivity contribution in [2.24, 2.45) is 0 Å². The predicted octanol–water partition coefficient (Wildman–Crippen LogP) is 0.639. The van der Waals surface area contributed by atoms with E-state index in [4.69, 9.17) is 23.7 Å². The fourth-order valence-electron chi connectivity index (χ4n) is 3.33. The van der Waals surface area contributed by atoms with E-state index in [9.17, 15) is 25.2 Å². The summed E-state index contributed by atoms with van der Waals surface area (Å²) in [7, 11) is 2.77. The van der Waals surface area contributed by atoms with Gasteiger partial charge in [-0.05, 0) is 29.3 Å². The van der Waals surface area contributed by atoms with E-state index in [1.54, 1.807) is 12.1 Å². The third-order valence-electron chi connectivity index (χ3n) is 5.20. The number of carbonyl (C=O) groups is 1. The summed E-state index contributed by atoms with van der Waals surface area (Å²) in [5.74, 6) is -0.108. The van der Waals surface area contributed by atoms with Gasteiger partial charge in [-0.3, -0.25) is 0 Å². The van der Waals surface area contributed by atoms with Gasteiger partial charge in [0.15, 0.2) is 11.5 Å². The maximum Gasteiger partial charge on any atom is 0.331 e. The van der Waals surface area contributed by atoms with Crippen LogP contribution in [0, 0.1) is 0 Å². The Morgan fingerprint density at radius 2 is 1.65 bits per heavy atom. The maximum absolute atomic E-state index is 12.1. The third-order valence-corrected chi connectivity index (χ3v) is 5.20. The van der Waals surface area contributed by atoms with Crippen molar-refractivity contribution in [3.63, 3.8) is 0 Å². The van der Waals surface area contributed by atoms with Gasteiger partial charge in [0.1, 0.15) is 31.0 Å². The minimum absolute atomic E-state index is 0.0538. The van der Waals surface area contributed by atoms with Crippen molar-refractivity contribution >= 4 is 12.0 Å². The summed E-state index contributed by atoms with van der Waals surface area (Å²) < 4.78 is 27.0. The summed E-state index contributed by atoms with van der Waals surface area (Å²) in [6.45, 7) is -0.453. The van der Waals surface area contributed by atoms with Crippen LogP contribution in [0.2, 0.25) is 0 Å². The number of methoxy groups -OCH3 is 2. The van der Waals surface area contributed by atoms with Crippen molar-refractivity contribution < 1.29 is 48.9 Å². The van der Waals surface area contributed by atoms with Gasteiger partial charge < -0.3 is 44.1 Å². The molecule has 34 heavy (non-hydrogen) atoms. The van der Waals surface area contributed by atoms with Crippen molar-refractivity contribution in [3.8, 4) is 17.2 Å². The minimum atomic E-state index is -1.61. The van der Waals surface area contributed by atoms with E-state index in [-0.39, 0.29) is 23.9 Å². The molecule has 0 radical (unpaired) electrons. The number of benzene rings is 2. The molecule has 0 aliphatic carbocycles. The van der Waals surface area contributed by atoms with Crippen molar-refractivity contribution in [2.75, 3.05) is 20.8 Å². The van der Waals surface area contributed by atoms with Crippen molar-refractivity contribution in [3.05, 3.63) is 59.7 Å². The molecule has 1 fully saturated rings. The number of carbonyl (C=O) groups excluding carboxylic acids is 1. The number of aliphatic hydroxyl groups excluding tert-OH is 4. The Bertz CT molecular complexity index is 950. The molecule has 0 bridgehead atoms. The Hall–Kier alpha value is -3.15. The third kappa shape index (κ3) is 6.04. The number of ether oxygens (including phenoxy) is 5. The molecule has 5 atom stereocenters. The van der Waals surface area contributed by atoms with Crippen molar-refractivity contribution in [1.29, 1.82) is 0 Å². The largest absolute Gasteiger partial charge is 0.493 e. The molecule has 0 spiro atoms. The molecule has 1 heterocycles. The number of hydrogen-bond donors (Lipinski definition) is 4. The molecule has 0 aromatic heterocycles. The average Bonchev–Trinajstić information content (AvgIpc) is 2.87. The summed E-state index contributed by atoms with van der Waals surface area (Å²) in [6, 6.07) is 12.4. The van der Waals surface area contributed by atoms with E-state index >= 15 is 0 Å². The van der Waals surface area contributed by atoms with Crippen molar-refractivity contribution in [1.82, 2.24) is 0 Å². The molecule has 0 saturated carbocycles. The molecule has 1 saturated heterocycles. The number of rotatable bonds is 9. The second kappa shape index (κ2) is 11.8. The second-order valence-corrected chi connectivity index (χ2v) is 7.50. The number of esters is 1. The highest BCUT2D eigenvalue weighted by Crippen LogP contribution is 2.40. The second-order valence-electron chi connectivity index (χ2n) is 7.50. The van der Waals surface area contributed by atoms with Gasteiger partial charge >= 0.3 is 5.97 Å². The lowest BCUT2D eigenvalue weighted by atomic mass is 9.99. The first kappa shape index (κ1) is 25.5. The fourth-order valence-corrected chi connectivity index (χ4v) is 3.33. The van der Waals surface area contributed by atoms with Crippen LogP contribution in [-0.4, -0.2) is 77.9 Å². The van der Waals surface area contributed by atoms with Crippen LogP contribution in [0.1, 0.15) is 11.1 Å². The van der Waals surface area contributed by atoms with E-state index in [0.717, 1.165) is 5.56 Å². The van der Waals surface area contributed by atoms with E-state index < -0.39 is 43.3 Å². The van der Waals surface area contributed by atoms with Crippen LogP contribution in [-0.2, 0) is 20.9 Å². The molecule has 0 unspecified atom stereocenters. The normalized spacial score (nSPS) is 24.6. The lowest BCUT2D eigenvalue weighted by Gasteiger charge is -2.39. The first-order valence-corrected chi connectivity index (χ1v) is 10.5. The summed E-state index contributed by atoms with van der Waals surface area (Å²) in [4.78, 5) is 12.1. The Morgan fingerprint density at radius 1 is 1.00 bits per heavy atom. The van der Waals surface area contributed by atoms with Crippen LogP contribution in [0.3, 0.4) is 0 Å². The molecule has 10 heteroatoms. The first-order valence-electron chi connectivity index (χ1n) is 10.5. The van der Waals surface area contributed by atoms with Crippen LogP contribution in [0.5, 0.6) is 17.2 Å². The van der Waals surface area contributed by atoms with Gasteiger partial charge in [0.25, 0.3) is 0 Å². The lowest BCUT2D eigenvalue weighted by Crippen LogP contribution is -2.60. The quantitative estimate of drug-likeness (QED) is 0.301. The smallest absolute Gasteiger partial charge is 0.331 e. The SMILES string of the molecule is COc1cc(C=CC(=O)OCc2ccccc2)cc(OC)c1O[C@@H]1O[C@H](CO)[C@H](O)[C@H](O)[C@H]1O. The zero-order valence-electron chi connectivity index (χ0n) is 18.7. The molecule has 2 aromatic carbocycles. The number of hydrogen-bond acceptors (Lipinski definition) is 10. The Morgan fingerprint density at radius 3 is 2.24 bits per heavy atom. The minimum Gasteiger partial charge on any atom is -0.493 e. The molecule has 10 nitrogen and oxygen atoms in total. The predicted molar refractivity (Wildman–Crippen MR) is 119 cm³/mol. The van der Waals surface area contributed by atoms with E-state index in [1.165, 1.54) is 26.4 Å². The summed E-state index contributed by atoms with van der Waals surface area (Å²) in [6.07, 6.45) is -4.51. The molecular formula is C24H28O10. The highest BCUT2D eigenvalue weighted by molar-refractivity contribution is 5.87. The topological polar surface area (TPSA) is 144 Å². The van der Waals surface area contributed by atoms with Crippen LogP contribution in [0.4, 0.5) is 0 Å². The van der Waals surface area contributed by atoms with Gasteiger partial charge in [-0.2, -0.15) is 0 Å². The standard InChI is InChI=1S/C24H28O10/c1-30-16-10-15(8-9-19(26)32-13-14-6-4-3-5-7-14)11-17(31-2)23(16)34-24-22(29)21(28)20(27)18(12-25)33-24/h3-11,18,20-22,24-25,27-29H,12-13H2,1-2H3/t18-,20+,21+,22-,24+/m1/s1. The van der Waals surface area contributed by atoms with Gasteiger partial charge in [-0.25, -0.2) is 4.79 Å². The Balaban J connectivity index is 1.75. The molecule has 4 N–H and O–H groups in total. The van der Waals surface area contributed by atoms with Gasteiger partial charge in [-0.15, -0.1) is 0 Å². The monoisotopic (exact) mass is 476 g/mol. The van der Waals surface area contributed by atoms with Gasteiger partial charge in [-0.1, -0.05) is 30.3 Å². The van der Waals surface area contributed by atoms with Crippen LogP contribution < -0.4 is 14.2 Å². The molecule has 1 aliphatic heterocycles. The molecule has 0 amide bonds. The average molecular weight is 476 g/mol. The van der Waals surface area contributed by atoms with Gasteiger partial charge in [0.05, 0.1) is 20.8 Å². The van der Waals surface area contributed by atoms with E-state index in [1.807, 2.05) is 30.3 Å². The highest BCUT2D eigenvalue weighted by atomic mass is 16.7. The first-order chi connectivity index (χ1) is 16.4. The van der Waals surface area contributed by atoms with E-state index in [2.05, 4.69) is 0 Å².